The zero-order valence-corrected chi connectivity index (χ0v) is 17.8. The number of guanidine groups is 1. The zero-order chi connectivity index (χ0) is 22.3. The topological polar surface area (TPSA) is 96.6 Å². The average molecular weight is 426 g/mol. The first kappa shape index (κ1) is 22.2. The minimum Gasteiger partial charge on any atom is -0.439 e. The number of ether oxygens (including phenoxy) is 1. The first-order valence-corrected chi connectivity index (χ1v) is 9.98. The maximum Gasteiger partial charge on any atom is 0.219 e. The molecule has 0 fully saturated rings. The Hall–Kier alpha value is -3.46. The molecule has 0 aliphatic heterocycles. The summed E-state index contributed by atoms with van der Waals surface area (Å²) in [5.74, 6) is 1.15. The van der Waals surface area contributed by atoms with Crippen LogP contribution in [0.2, 0.25) is 0 Å². The molecule has 3 aromatic rings. The van der Waals surface area contributed by atoms with Crippen LogP contribution >= 0.6 is 0 Å². The Bertz CT molecular complexity index is 1020. The number of hydrogen-bond acceptors (Lipinski definition) is 5. The molecule has 31 heavy (non-hydrogen) atoms. The van der Waals surface area contributed by atoms with E-state index < -0.39 is 5.60 Å². The van der Waals surface area contributed by atoms with Crippen molar-refractivity contribution >= 4 is 5.96 Å². The fourth-order valence-electron chi connectivity index (χ4n) is 2.80. The van der Waals surface area contributed by atoms with Crippen LogP contribution in [0.25, 0.3) is 0 Å². The third-order valence-corrected chi connectivity index (χ3v) is 4.53. The molecule has 1 unspecified atom stereocenters. The molecule has 2 heterocycles. The second kappa shape index (κ2) is 10.0. The molecule has 1 aromatic carbocycles. The van der Waals surface area contributed by atoms with E-state index in [1.807, 2.05) is 13.0 Å². The van der Waals surface area contributed by atoms with E-state index in [1.165, 1.54) is 12.1 Å². The second-order valence-electron chi connectivity index (χ2n) is 7.28. The van der Waals surface area contributed by atoms with Gasteiger partial charge in [-0.2, -0.15) is 5.10 Å². The third kappa shape index (κ3) is 6.51. The van der Waals surface area contributed by atoms with Gasteiger partial charge >= 0.3 is 0 Å². The summed E-state index contributed by atoms with van der Waals surface area (Å²) in [7, 11) is 1.81. The molecule has 2 aromatic heterocycles. The van der Waals surface area contributed by atoms with Gasteiger partial charge in [-0.25, -0.2) is 14.4 Å². The number of aliphatic imine (C=N–C) groups is 1. The second-order valence-corrected chi connectivity index (χ2v) is 7.28. The number of nitrogens with zero attached hydrogens (tertiary/aromatic N) is 4. The lowest BCUT2D eigenvalue weighted by Crippen LogP contribution is -2.44. The highest BCUT2D eigenvalue weighted by atomic mass is 19.1. The molecule has 0 aliphatic carbocycles. The van der Waals surface area contributed by atoms with Crippen LogP contribution in [0.1, 0.15) is 25.0 Å². The van der Waals surface area contributed by atoms with Crippen molar-refractivity contribution < 1.29 is 14.2 Å². The van der Waals surface area contributed by atoms with E-state index in [2.05, 4.69) is 25.7 Å². The van der Waals surface area contributed by atoms with Crippen molar-refractivity contribution in [2.24, 2.45) is 12.0 Å². The molecule has 0 saturated heterocycles. The van der Waals surface area contributed by atoms with Gasteiger partial charge in [0.05, 0.1) is 19.3 Å². The maximum absolute atomic E-state index is 13.0. The highest BCUT2D eigenvalue weighted by Gasteiger charge is 2.25. The molecule has 0 spiro atoms. The first-order valence-electron chi connectivity index (χ1n) is 9.98. The van der Waals surface area contributed by atoms with Crippen molar-refractivity contribution in [2.75, 3.05) is 13.1 Å². The molecule has 0 bridgehead atoms. The fourth-order valence-corrected chi connectivity index (χ4v) is 2.80. The van der Waals surface area contributed by atoms with Crippen LogP contribution in [-0.4, -0.2) is 38.9 Å². The van der Waals surface area contributed by atoms with Gasteiger partial charge in [-0.3, -0.25) is 4.68 Å². The lowest BCUT2D eigenvalue weighted by atomic mass is 10.00. The lowest BCUT2D eigenvalue weighted by Gasteiger charge is -2.23. The van der Waals surface area contributed by atoms with Crippen molar-refractivity contribution in [3.63, 3.8) is 0 Å². The normalized spacial score (nSPS) is 13.5. The molecular weight excluding hydrogens is 399 g/mol. The van der Waals surface area contributed by atoms with Crippen molar-refractivity contribution in [3.05, 3.63) is 71.9 Å². The van der Waals surface area contributed by atoms with Crippen LogP contribution in [0.5, 0.6) is 11.6 Å². The third-order valence-electron chi connectivity index (χ3n) is 4.53. The first-order chi connectivity index (χ1) is 14.9. The monoisotopic (exact) mass is 426 g/mol. The van der Waals surface area contributed by atoms with E-state index in [-0.39, 0.29) is 12.4 Å². The number of nitrogens with one attached hydrogen (secondary N) is 2. The van der Waals surface area contributed by atoms with Crippen LogP contribution in [0.4, 0.5) is 4.39 Å². The quantitative estimate of drug-likeness (QED) is 0.379. The average Bonchev–Trinajstić information content (AvgIpc) is 3.19. The summed E-state index contributed by atoms with van der Waals surface area (Å²) in [5.41, 5.74) is 0.510. The zero-order valence-electron chi connectivity index (χ0n) is 17.8. The highest BCUT2D eigenvalue weighted by Crippen LogP contribution is 2.21. The van der Waals surface area contributed by atoms with Crippen LogP contribution in [0.15, 0.2) is 60.0 Å². The molecule has 0 amide bonds. The molecule has 164 valence electrons. The molecule has 9 heteroatoms. The van der Waals surface area contributed by atoms with Gasteiger partial charge in [0.25, 0.3) is 0 Å². The predicted octanol–water partition coefficient (Wildman–Crippen LogP) is 2.71. The summed E-state index contributed by atoms with van der Waals surface area (Å²) in [6, 6.07) is 9.38. The van der Waals surface area contributed by atoms with Gasteiger partial charge in [0, 0.05) is 37.6 Å². The number of halogens is 1. The number of aryl methyl sites for hydroxylation is 1. The standard InChI is InChI=1S/C22H27FN6O2/c1-4-24-21(27-15-22(2,30)17-13-28-29(3)14-17)26-12-16-9-10-25-20(11-16)31-19-7-5-18(23)6-8-19/h5-11,13-14,30H,4,12,15H2,1-3H3,(H2,24,26,27). The van der Waals surface area contributed by atoms with Crippen LogP contribution < -0.4 is 15.4 Å². The van der Waals surface area contributed by atoms with Gasteiger partial charge in [-0.15, -0.1) is 0 Å². The van der Waals surface area contributed by atoms with Gasteiger partial charge < -0.3 is 20.5 Å². The number of rotatable bonds is 8. The fraction of sp³-hybridized carbons (Fsp3) is 0.318. The van der Waals surface area contributed by atoms with Gasteiger partial charge in [0.2, 0.25) is 5.88 Å². The summed E-state index contributed by atoms with van der Waals surface area (Å²) in [6.45, 7) is 5.02. The van der Waals surface area contributed by atoms with Crippen molar-refractivity contribution in [3.8, 4) is 11.6 Å². The van der Waals surface area contributed by atoms with E-state index in [0.29, 0.717) is 30.7 Å². The molecule has 8 nitrogen and oxygen atoms in total. The van der Waals surface area contributed by atoms with E-state index in [1.54, 1.807) is 55.4 Å². The minimum absolute atomic E-state index is 0.264. The van der Waals surface area contributed by atoms with Crippen molar-refractivity contribution in [2.45, 2.75) is 26.0 Å². The molecule has 0 saturated carbocycles. The van der Waals surface area contributed by atoms with E-state index in [9.17, 15) is 9.50 Å². The Kier molecular flexibility index (Phi) is 7.19. The van der Waals surface area contributed by atoms with Gasteiger partial charge in [0.15, 0.2) is 5.96 Å². The summed E-state index contributed by atoms with van der Waals surface area (Å²) < 4.78 is 20.4. The molecule has 3 N–H and O–H groups in total. The number of hydrogen-bond donors (Lipinski definition) is 3. The summed E-state index contributed by atoms with van der Waals surface area (Å²) in [6.07, 6.45) is 5.06. The van der Waals surface area contributed by atoms with Gasteiger partial charge in [0.1, 0.15) is 17.2 Å². The van der Waals surface area contributed by atoms with Crippen molar-refractivity contribution in [1.82, 2.24) is 25.4 Å². The van der Waals surface area contributed by atoms with Crippen LogP contribution in [0.3, 0.4) is 0 Å². The smallest absolute Gasteiger partial charge is 0.219 e. The highest BCUT2D eigenvalue weighted by molar-refractivity contribution is 5.79. The number of aromatic nitrogens is 3. The van der Waals surface area contributed by atoms with Gasteiger partial charge in [-0.1, -0.05) is 0 Å². The number of aliphatic hydroxyl groups is 1. The van der Waals surface area contributed by atoms with E-state index >= 15 is 0 Å². The number of benzene rings is 1. The summed E-state index contributed by atoms with van der Waals surface area (Å²) in [4.78, 5) is 8.76. The Morgan fingerprint density at radius 2 is 2.03 bits per heavy atom. The lowest BCUT2D eigenvalue weighted by molar-refractivity contribution is 0.0616. The van der Waals surface area contributed by atoms with Crippen molar-refractivity contribution in [1.29, 1.82) is 0 Å². The van der Waals surface area contributed by atoms with Crippen LogP contribution in [0, 0.1) is 5.82 Å². The number of pyridine rings is 1. The predicted molar refractivity (Wildman–Crippen MR) is 116 cm³/mol. The Morgan fingerprint density at radius 3 is 2.71 bits per heavy atom. The minimum atomic E-state index is -1.10. The van der Waals surface area contributed by atoms with E-state index in [0.717, 1.165) is 11.1 Å². The molecule has 1 atom stereocenters. The maximum atomic E-state index is 13.0. The summed E-state index contributed by atoms with van der Waals surface area (Å²) >= 11 is 0. The van der Waals surface area contributed by atoms with Crippen LogP contribution in [-0.2, 0) is 19.2 Å². The molecule has 0 aliphatic rings. The Labute approximate surface area is 180 Å². The Morgan fingerprint density at radius 1 is 1.26 bits per heavy atom. The summed E-state index contributed by atoms with van der Waals surface area (Å²) in [5, 5.41) is 21.2. The molecule has 3 rings (SSSR count). The SMILES string of the molecule is CCNC(=NCc1ccnc(Oc2ccc(F)cc2)c1)NCC(C)(O)c1cnn(C)c1. The largest absolute Gasteiger partial charge is 0.439 e. The Balaban J connectivity index is 1.63. The molecular formula is C22H27FN6O2. The molecule has 0 radical (unpaired) electrons. The van der Waals surface area contributed by atoms with E-state index in [4.69, 9.17) is 4.74 Å². The van der Waals surface area contributed by atoms with Gasteiger partial charge in [-0.05, 0) is 49.7 Å².